The van der Waals surface area contributed by atoms with Crippen LogP contribution < -0.4 is 10.1 Å². The van der Waals surface area contributed by atoms with Crippen molar-refractivity contribution < 1.29 is 14.1 Å². The normalized spacial score (nSPS) is 10.3. The molecule has 1 aromatic heterocycles. The molecule has 3 aromatic rings. The van der Waals surface area contributed by atoms with Gasteiger partial charge in [0.2, 0.25) is 0 Å². The maximum Gasteiger partial charge on any atom is 0.251 e. The minimum atomic E-state index is -0.186. The van der Waals surface area contributed by atoms with Gasteiger partial charge in [-0.05, 0) is 55.8 Å². The summed E-state index contributed by atoms with van der Waals surface area (Å²) >= 11 is 0. The highest BCUT2D eigenvalue weighted by Gasteiger charge is 2.10. The van der Waals surface area contributed by atoms with Crippen LogP contribution in [0.25, 0.3) is 0 Å². The standard InChI is InChI=1S/C21H19N3O3/c1-14-20(15(2)27-24-14)13-26-19-8-6-18(7-9-19)21(25)23-12-17-5-3-4-16(10-17)11-22/h3-10H,12-13H2,1-2H3,(H,23,25). The van der Waals surface area contributed by atoms with Crippen LogP contribution in [0.1, 0.15) is 38.5 Å². The lowest BCUT2D eigenvalue weighted by molar-refractivity contribution is 0.0951. The summed E-state index contributed by atoms with van der Waals surface area (Å²) in [6.45, 7) is 4.44. The van der Waals surface area contributed by atoms with Crippen molar-refractivity contribution in [3.63, 3.8) is 0 Å². The van der Waals surface area contributed by atoms with E-state index in [0.717, 1.165) is 22.6 Å². The van der Waals surface area contributed by atoms with E-state index in [0.29, 0.717) is 30.0 Å². The number of nitrogens with one attached hydrogen (secondary N) is 1. The number of hydrogen-bond acceptors (Lipinski definition) is 5. The fourth-order valence-electron chi connectivity index (χ4n) is 2.60. The molecule has 0 fully saturated rings. The van der Waals surface area contributed by atoms with E-state index < -0.39 is 0 Å². The predicted molar refractivity (Wildman–Crippen MR) is 99.1 cm³/mol. The summed E-state index contributed by atoms with van der Waals surface area (Å²) in [5.41, 5.74) is 3.72. The predicted octanol–water partition coefficient (Wildman–Crippen LogP) is 3.67. The number of aryl methyl sites for hydroxylation is 2. The highest BCUT2D eigenvalue weighted by molar-refractivity contribution is 5.94. The van der Waals surface area contributed by atoms with Crippen LogP contribution in [-0.2, 0) is 13.2 Å². The molecule has 0 bridgehead atoms. The van der Waals surface area contributed by atoms with Crippen molar-refractivity contribution in [1.82, 2.24) is 10.5 Å². The molecule has 1 amide bonds. The van der Waals surface area contributed by atoms with Gasteiger partial charge in [-0.3, -0.25) is 4.79 Å². The zero-order valence-corrected chi connectivity index (χ0v) is 15.2. The molecule has 3 rings (SSSR count). The quantitative estimate of drug-likeness (QED) is 0.724. The van der Waals surface area contributed by atoms with Crippen LogP contribution in [0.3, 0.4) is 0 Å². The number of hydrogen-bond donors (Lipinski definition) is 1. The lowest BCUT2D eigenvalue weighted by atomic mass is 10.1. The van der Waals surface area contributed by atoms with E-state index in [4.69, 9.17) is 14.5 Å². The molecule has 0 saturated carbocycles. The molecule has 1 N–H and O–H groups in total. The maximum absolute atomic E-state index is 12.3. The zero-order valence-electron chi connectivity index (χ0n) is 15.2. The third kappa shape index (κ3) is 4.53. The van der Waals surface area contributed by atoms with Crippen LogP contribution in [0.15, 0.2) is 53.1 Å². The molecule has 6 heteroatoms. The number of nitriles is 1. The van der Waals surface area contributed by atoms with Gasteiger partial charge in [0.1, 0.15) is 18.1 Å². The number of nitrogens with zero attached hydrogens (tertiary/aromatic N) is 2. The Kier molecular flexibility index (Phi) is 5.53. The van der Waals surface area contributed by atoms with Crippen molar-refractivity contribution in [2.24, 2.45) is 0 Å². The zero-order chi connectivity index (χ0) is 19.2. The fraction of sp³-hybridized carbons (Fsp3) is 0.190. The average Bonchev–Trinajstić information content (AvgIpc) is 3.02. The highest BCUT2D eigenvalue weighted by Crippen LogP contribution is 2.18. The Balaban J connectivity index is 1.56. The van der Waals surface area contributed by atoms with Gasteiger partial charge in [-0.25, -0.2) is 0 Å². The molecule has 0 aliphatic heterocycles. The summed E-state index contributed by atoms with van der Waals surface area (Å²) in [6.07, 6.45) is 0. The molecule has 0 unspecified atom stereocenters. The van der Waals surface area contributed by atoms with Gasteiger partial charge in [0, 0.05) is 12.1 Å². The molecule has 0 saturated heterocycles. The van der Waals surface area contributed by atoms with Gasteiger partial charge >= 0.3 is 0 Å². The van der Waals surface area contributed by atoms with E-state index >= 15 is 0 Å². The molecule has 0 radical (unpaired) electrons. The lowest BCUT2D eigenvalue weighted by Crippen LogP contribution is -2.22. The largest absolute Gasteiger partial charge is 0.489 e. The Morgan fingerprint density at radius 3 is 2.67 bits per heavy atom. The lowest BCUT2D eigenvalue weighted by Gasteiger charge is -2.08. The van der Waals surface area contributed by atoms with Gasteiger partial charge in [0.15, 0.2) is 0 Å². The average molecular weight is 361 g/mol. The van der Waals surface area contributed by atoms with E-state index in [1.54, 1.807) is 42.5 Å². The monoisotopic (exact) mass is 361 g/mol. The molecule has 1 heterocycles. The van der Waals surface area contributed by atoms with Crippen LogP contribution >= 0.6 is 0 Å². The van der Waals surface area contributed by atoms with Crippen LogP contribution in [-0.4, -0.2) is 11.1 Å². The van der Waals surface area contributed by atoms with E-state index in [2.05, 4.69) is 16.5 Å². The molecule has 0 spiro atoms. The second-order valence-corrected chi connectivity index (χ2v) is 6.11. The number of aromatic nitrogens is 1. The molecule has 2 aromatic carbocycles. The Morgan fingerprint density at radius 2 is 2.00 bits per heavy atom. The first-order valence-electron chi connectivity index (χ1n) is 8.48. The first-order valence-corrected chi connectivity index (χ1v) is 8.48. The van der Waals surface area contributed by atoms with Crippen LogP contribution in [0.2, 0.25) is 0 Å². The van der Waals surface area contributed by atoms with Crippen LogP contribution in [0, 0.1) is 25.2 Å². The van der Waals surface area contributed by atoms with Crippen molar-refractivity contribution >= 4 is 5.91 Å². The number of benzene rings is 2. The third-order valence-electron chi connectivity index (χ3n) is 4.19. The van der Waals surface area contributed by atoms with E-state index in [-0.39, 0.29) is 5.91 Å². The summed E-state index contributed by atoms with van der Waals surface area (Å²) in [5.74, 6) is 1.21. The third-order valence-corrected chi connectivity index (χ3v) is 4.19. The van der Waals surface area contributed by atoms with Crippen LogP contribution in [0.5, 0.6) is 5.75 Å². The topological polar surface area (TPSA) is 88.2 Å². The summed E-state index contributed by atoms with van der Waals surface area (Å²) in [4.78, 5) is 12.3. The molecule has 0 aliphatic carbocycles. The highest BCUT2D eigenvalue weighted by atomic mass is 16.5. The maximum atomic E-state index is 12.3. The van der Waals surface area contributed by atoms with Gasteiger partial charge < -0.3 is 14.6 Å². The smallest absolute Gasteiger partial charge is 0.251 e. The van der Waals surface area contributed by atoms with Gasteiger partial charge in [0.25, 0.3) is 5.91 Å². The summed E-state index contributed by atoms with van der Waals surface area (Å²) < 4.78 is 10.9. The Labute approximate surface area is 157 Å². The van der Waals surface area contributed by atoms with Gasteiger partial charge in [0.05, 0.1) is 22.9 Å². The summed E-state index contributed by atoms with van der Waals surface area (Å²) in [5, 5.41) is 15.7. The van der Waals surface area contributed by atoms with Crippen molar-refractivity contribution in [2.75, 3.05) is 0 Å². The fourth-order valence-corrected chi connectivity index (χ4v) is 2.60. The van der Waals surface area contributed by atoms with Crippen molar-refractivity contribution in [3.05, 3.63) is 82.2 Å². The second kappa shape index (κ2) is 8.19. The number of carbonyl (C=O) groups excluding carboxylic acids is 1. The Bertz CT molecular complexity index is 965. The minimum absolute atomic E-state index is 0.186. The van der Waals surface area contributed by atoms with Crippen LogP contribution in [0.4, 0.5) is 0 Å². The summed E-state index contributed by atoms with van der Waals surface area (Å²) in [6, 6.07) is 16.2. The minimum Gasteiger partial charge on any atom is -0.489 e. The van der Waals surface area contributed by atoms with Crippen molar-refractivity contribution in [3.8, 4) is 11.8 Å². The molecular formula is C21H19N3O3. The number of carbonyl (C=O) groups is 1. The molecule has 27 heavy (non-hydrogen) atoms. The molecule has 0 atom stereocenters. The van der Waals surface area contributed by atoms with Gasteiger partial charge in [-0.15, -0.1) is 0 Å². The molecule has 136 valence electrons. The Hall–Kier alpha value is -3.59. The number of rotatable bonds is 6. The second-order valence-electron chi connectivity index (χ2n) is 6.11. The molecule has 6 nitrogen and oxygen atoms in total. The van der Waals surface area contributed by atoms with E-state index in [1.807, 2.05) is 19.9 Å². The van der Waals surface area contributed by atoms with E-state index in [9.17, 15) is 4.79 Å². The number of amides is 1. The number of ether oxygens (including phenoxy) is 1. The van der Waals surface area contributed by atoms with E-state index in [1.165, 1.54) is 0 Å². The molecular weight excluding hydrogens is 342 g/mol. The Morgan fingerprint density at radius 1 is 1.22 bits per heavy atom. The first-order chi connectivity index (χ1) is 13.1. The van der Waals surface area contributed by atoms with Gasteiger partial charge in [-0.2, -0.15) is 5.26 Å². The van der Waals surface area contributed by atoms with Gasteiger partial charge in [-0.1, -0.05) is 17.3 Å². The first kappa shape index (κ1) is 18.2. The molecule has 0 aliphatic rings. The SMILES string of the molecule is Cc1noc(C)c1COc1ccc(C(=O)NCc2cccc(C#N)c2)cc1. The van der Waals surface area contributed by atoms with Crippen molar-refractivity contribution in [1.29, 1.82) is 5.26 Å². The van der Waals surface area contributed by atoms with Crippen molar-refractivity contribution in [2.45, 2.75) is 27.0 Å². The summed E-state index contributed by atoms with van der Waals surface area (Å²) in [7, 11) is 0.